The van der Waals surface area contributed by atoms with Gasteiger partial charge in [0.2, 0.25) is 0 Å². The summed E-state index contributed by atoms with van der Waals surface area (Å²) in [7, 11) is -9.89. The maximum Gasteiger partial charge on any atom is 0.472 e. The van der Waals surface area contributed by atoms with Crippen molar-refractivity contribution in [2.45, 2.75) is 393 Å². The Morgan fingerprint density at radius 1 is 0.308 bits per heavy atom. The fraction of sp³-hybridized carbons (Fsp3) is 0.944. The number of carbonyl (C=O) groups excluding carboxylic acids is 4. The van der Waals surface area contributed by atoms with Crippen molar-refractivity contribution in [2.24, 2.45) is 5.92 Å². The van der Waals surface area contributed by atoms with Gasteiger partial charge < -0.3 is 33.8 Å². The third-order valence-electron chi connectivity index (χ3n) is 17.1. The van der Waals surface area contributed by atoms with E-state index < -0.39 is 97.5 Å². The van der Waals surface area contributed by atoms with Gasteiger partial charge in [-0.05, 0) is 31.6 Å². The molecule has 540 valence electrons. The summed E-state index contributed by atoms with van der Waals surface area (Å²) in [6, 6.07) is 0. The van der Waals surface area contributed by atoms with E-state index in [2.05, 4.69) is 34.6 Å². The van der Waals surface area contributed by atoms with Crippen molar-refractivity contribution in [2.75, 3.05) is 39.6 Å². The smallest absolute Gasteiger partial charge is 0.462 e. The molecule has 0 rings (SSSR count). The quantitative estimate of drug-likeness (QED) is 0.0222. The van der Waals surface area contributed by atoms with E-state index in [1.165, 1.54) is 186 Å². The highest BCUT2D eigenvalue weighted by Crippen LogP contribution is 2.45. The average Bonchev–Trinajstić information content (AvgIpc) is 3.60. The van der Waals surface area contributed by atoms with Crippen LogP contribution in [0.4, 0.5) is 0 Å². The standard InChI is InChI=1S/C72H140O17P2/c1-6-10-13-16-19-21-23-25-26-27-28-29-30-31-32-33-34-36-38-41-47-52-57-71(76)88-67(62-83-70(75)56-51-46-40-37-35-24-22-20-17-14-11-7-2)63-86-90(78,79)84-59-66(73)60-85-91(80,81)87-64-68(61-82-69(74)55-50-45-39-18-15-12-8-3)89-72(77)58-53-48-43-42-44-49-54-65(5)9-4/h65-68,73H,6-64H2,1-5H3,(H,78,79)(H,80,81)/t65?,66-,67-,68-/m1/s1. The summed E-state index contributed by atoms with van der Waals surface area (Å²) < 4.78 is 68.2. The van der Waals surface area contributed by atoms with Crippen molar-refractivity contribution in [3.63, 3.8) is 0 Å². The zero-order valence-electron chi connectivity index (χ0n) is 59.0. The topological polar surface area (TPSA) is 237 Å². The lowest BCUT2D eigenvalue weighted by atomic mass is 10.00. The molecule has 0 spiro atoms. The second-order valence-electron chi connectivity index (χ2n) is 26.2. The number of esters is 4. The van der Waals surface area contributed by atoms with E-state index in [1.54, 1.807) is 0 Å². The van der Waals surface area contributed by atoms with Crippen LogP contribution in [0.1, 0.15) is 375 Å². The van der Waals surface area contributed by atoms with Crippen LogP contribution in [0.3, 0.4) is 0 Å². The molecule has 3 N–H and O–H groups in total. The lowest BCUT2D eigenvalue weighted by Crippen LogP contribution is -2.30. The van der Waals surface area contributed by atoms with Gasteiger partial charge in [0.15, 0.2) is 12.2 Å². The van der Waals surface area contributed by atoms with Gasteiger partial charge in [-0.1, -0.05) is 324 Å². The minimum atomic E-state index is -4.95. The van der Waals surface area contributed by atoms with Crippen LogP contribution in [0.25, 0.3) is 0 Å². The Balaban J connectivity index is 5.12. The van der Waals surface area contributed by atoms with Gasteiger partial charge in [-0.2, -0.15) is 0 Å². The number of phosphoric acid groups is 2. The summed E-state index contributed by atoms with van der Waals surface area (Å²) in [5.74, 6) is -1.41. The fourth-order valence-corrected chi connectivity index (χ4v) is 12.5. The third-order valence-corrected chi connectivity index (χ3v) is 19.0. The zero-order chi connectivity index (χ0) is 67.0. The summed E-state index contributed by atoms with van der Waals surface area (Å²) in [5.41, 5.74) is 0. The molecule has 3 unspecified atom stereocenters. The molecule has 0 aliphatic heterocycles. The number of aliphatic hydroxyl groups is 1. The summed E-state index contributed by atoms with van der Waals surface area (Å²) in [4.78, 5) is 72.4. The van der Waals surface area contributed by atoms with E-state index in [0.29, 0.717) is 25.7 Å². The number of unbranched alkanes of at least 4 members (excludes halogenated alkanes) is 43. The Hall–Kier alpha value is -1.94. The largest absolute Gasteiger partial charge is 0.472 e. The SMILES string of the molecule is CCCCCCCCCCCCCCCCCCCCCCCCC(=O)O[C@H](COC(=O)CCCCCCCCCCCCCC)COP(=O)(O)OC[C@@H](O)COP(=O)(O)OC[C@@H](COC(=O)CCCCCCCCC)OC(=O)CCCCCCCCC(C)CC. The number of hydrogen-bond donors (Lipinski definition) is 3. The Labute approximate surface area is 556 Å². The van der Waals surface area contributed by atoms with Crippen LogP contribution < -0.4 is 0 Å². The predicted octanol–water partition coefficient (Wildman–Crippen LogP) is 20.9. The molecular formula is C72H140O17P2. The maximum atomic E-state index is 13.0. The Kier molecular flexibility index (Phi) is 64.0. The van der Waals surface area contributed by atoms with Gasteiger partial charge >= 0.3 is 39.5 Å². The molecule has 0 aromatic carbocycles. The molecule has 0 aliphatic carbocycles. The van der Waals surface area contributed by atoms with Gasteiger partial charge in [0.05, 0.1) is 26.4 Å². The van der Waals surface area contributed by atoms with Crippen molar-refractivity contribution < 1.29 is 80.2 Å². The fourth-order valence-electron chi connectivity index (χ4n) is 11.0. The van der Waals surface area contributed by atoms with E-state index in [-0.39, 0.29) is 25.7 Å². The Morgan fingerprint density at radius 3 is 0.780 bits per heavy atom. The minimum absolute atomic E-state index is 0.103. The molecule has 0 radical (unpaired) electrons. The first-order chi connectivity index (χ1) is 44.1. The molecule has 0 fully saturated rings. The molecule has 19 heteroatoms. The number of ether oxygens (including phenoxy) is 4. The van der Waals surface area contributed by atoms with E-state index in [1.807, 2.05) is 0 Å². The summed E-state index contributed by atoms with van der Waals surface area (Å²) >= 11 is 0. The van der Waals surface area contributed by atoms with Gasteiger partial charge in [0, 0.05) is 25.7 Å². The third kappa shape index (κ3) is 65.1. The van der Waals surface area contributed by atoms with Gasteiger partial charge in [-0.3, -0.25) is 37.3 Å². The summed E-state index contributed by atoms with van der Waals surface area (Å²) in [5, 5.41) is 10.6. The second kappa shape index (κ2) is 65.4. The van der Waals surface area contributed by atoms with Crippen molar-refractivity contribution in [1.29, 1.82) is 0 Å². The van der Waals surface area contributed by atoms with Gasteiger partial charge in [0.1, 0.15) is 19.3 Å². The van der Waals surface area contributed by atoms with E-state index >= 15 is 0 Å². The average molecular weight is 1340 g/mol. The monoisotopic (exact) mass is 1340 g/mol. The predicted molar refractivity (Wildman–Crippen MR) is 368 cm³/mol. The van der Waals surface area contributed by atoms with Crippen LogP contribution in [-0.4, -0.2) is 96.7 Å². The van der Waals surface area contributed by atoms with Gasteiger partial charge in [-0.25, -0.2) is 9.13 Å². The molecule has 0 aromatic rings. The van der Waals surface area contributed by atoms with E-state index in [0.717, 1.165) is 109 Å². The van der Waals surface area contributed by atoms with Crippen LogP contribution >= 0.6 is 15.6 Å². The lowest BCUT2D eigenvalue weighted by Gasteiger charge is -2.21. The molecule has 0 bridgehead atoms. The van der Waals surface area contributed by atoms with Crippen molar-refractivity contribution in [1.82, 2.24) is 0 Å². The maximum absolute atomic E-state index is 13.0. The Bertz CT molecular complexity index is 1760. The van der Waals surface area contributed by atoms with Crippen molar-refractivity contribution in [3.05, 3.63) is 0 Å². The zero-order valence-corrected chi connectivity index (χ0v) is 60.8. The molecule has 0 heterocycles. The molecule has 0 aliphatic rings. The van der Waals surface area contributed by atoms with Crippen molar-refractivity contribution in [3.8, 4) is 0 Å². The molecule has 6 atom stereocenters. The normalized spacial score (nSPS) is 14.3. The number of phosphoric ester groups is 2. The molecule has 17 nitrogen and oxygen atoms in total. The van der Waals surface area contributed by atoms with E-state index in [4.69, 9.17) is 37.0 Å². The molecule has 0 aromatic heterocycles. The summed E-state index contributed by atoms with van der Waals surface area (Å²) in [6.45, 7) is 7.16. The first-order valence-electron chi connectivity index (χ1n) is 37.7. The Morgan fingerprint density at radius 2 is 0.527 bits per heavy atom. The molecule has 0 amide bonds. The molecule has 0 saturated heterocycles. The molecule has 91 heavy (non-hydrogen) atoms. The summed E-state index contributed by atoms with van der Waals surface area (Å²) in [6.07, 6.45) is 53.1. The van der Waals surface area contributed by atoms with Crippen LogP contribution in [-0.2, 0) is 65.4 Å². The first-order valence-corrected chi connectivity index (χ1v) is 40.7. The number of hydrogen-bond acceptors (Lipinski definition) is 15. The highest BCUT2D eigenvalue weighted by Gasteiger charge is 2.30. The minimum Gasteiger partial charge on any atom is -0.462 e. The van der Waals surface area contributed by atoms with Crippen LogP contribution in [0, 0.1) is 5.92 Å². The number of carbonyl (C=O) groups is 4. The van der Waals surface area contributed by atoms with Crippen LogP contribution in [0.2, 0.25) is 0 Å². The second-order valence-corrected chi connectivity index (χ2v) is 29.1. The first kappa shape index (κ1) is 89.1. The van der Waals surface area contributed by atoms with Crippen molar-refractivity contribution >= 4 is 39.5 Å². The molecular weight excluding hydrogens is 1200 g/mol. The highest BCUT2D eigenvalue weighted by atomic mass is 31.2. The number of rotatable bonds is 72. The number of aliphatic hydroxyl groups excluding tert-OH is 1. The van der Waals surface area contributed by atoms with Crippen LogP contribution in [0.15, 0.2) is 0 Å². The molecule has 0 saturated carbocycles. The van der Waals surface area contributed by atoms with Crippen LogP contribution in [0.5, 0.6) is 0 Å². The lowest BCUT2D eigenvalue weighted by molar-refractivity contribution is -0.161. The van der Waals surface area contributed by atoms with Gasteiger partial charge in [0.25, 0.3) is 0 Å². The van der Waals surface area contributed by atoms with E-state index in [9.17, 15) is 43.2 Å². The highest BCUT2D eigenvalue weighted by molar-refractivity contribution is 7.47. The van der Waals surface area contributed by atoms with Gasteiger partial charge in [-0.15, -0.1) is 0 Å².